The van der Waals surface area contributed by atoms with Gasteiger partial charge in [0, 0.05) is 10.8 Å². The van der Waals surface area contributed by atoms with E-state index in [0.29, 0.717) is 17.8 Å². The van der Waals surface area contributed by atoms with Crippen LogP contribution in [0.25, 0.3) is 0 Å². The van der Waals surface area contributed by atoms with Crippen LogP contribution in [0.5, 0.6) is 0 Å². The van der Waals surface area contributed by atoms with Gasteiger partial charge in [-0.1, -0.05) is 37.3 Å². The molecule has 0 saturated heterocycles. The summed E-state index contributed by atoms with van der Waals surface area (Å²) in [4.78, 5) is 13.2. The van der Waals surface area contributed by atoms with Gasteiger partial charge in [0.15, 0.2) is 0 Å². The van der Waals surface area contributed by atoms with Gasteiger partial charge in [-0.2, -0.15) is 0 Å². The number of carbonyl (C=O) groups excluding carboxylic acids is 1. The summed E-state index contributed by atoms with van der Waals surface area (Å²) in [6, 6.07) is 9.27. The monoisotopic (exact) mass is 274 g/mol. The molecule has 0 heterocycles. The van der Waals surface area contributed by atoms with Gasteiger partial charge in [0.25, 0.3) is 0 Å². The molecule has 0 amide bonds. The van der Waals surface area contributed by atoms with Crippen LogP contribution in [0.1, 0.15) is 13.3 Å². The third kappa shape index (κ3) is 2.32. The van der Waals surface area contributed by atoms with Crippen molar-refractivity contribution in [3.8, 4) is 0 Å². The molecule has 5 atom stereocenters. The van der Waals surface area contributed by atoms with Crippen molar-refractivity contribution >= 4 is 16.6 Å². The minimum atomic E-state index is -1.20. The molecule has 3 rings (SSSR count). The molecule has 19 heavy (non-hydrogen) atoms. The molecule has 0 aliphatic heterocycles. The zero-order chi connectivity index (χ0) is 13.4. The molecule has 0 spiro atoms. The van der Waals surface area contributed by atoms with Gasteiger partial charge in [-0.3, -0.25) is 9.00 Å². The number of Topliss-reactive ketones (excluding diaryl/α,β-unsaturated/α-hetero) is 1. The average molecular weight is 274 g/mol. The smallest absolute Gasteiger partial charge is 0.149 e. The Hall–Kier alpha value is -1.22. The topological polar surface area (TPSA) is 34.1 Å². The molecule has 3 heteroatoms. The number of ketones is 1. The van der Waals surface area contributed by atoms with Gasteiger partial charge in [0.1, 0.15) is 5.78 Å². The molecule has 2 nitrogen and oxygen atoms in total. The number of rotatable bonds is 4. The maximum absolute atomic E-state index is 12.4. The van der Waals surface area contributed by atoms with Crippen LogP contribution in [0.3, 0.4) is 0 Å². The quantitative estimate of drug-likeness (QED) is 0.791. The largest absolute Gasteiger partial charge is 0.298 e. The lowest BCUT2D eigenvalue weighted by Gasteiger charge is -2.23. The van der Waals surface area contributed by atoms with Gasteiger partial charge in [-0.25, -0.2) is 0 Å². The van der Waals surface area contributed by atoms with Gasteiger partial charge in [-0.05, 0) is 36.3 Å². The summed E-state index contributed by atoms with van der Waals surface area (Å²) in [5.41, 5.74) is 0. The van der Waals surface area contributed by atoms with E-state index >= 15 is 0 Å². The molecule has 2 aliphatic carbocycles. The lowest BCUT2D eigenvalue weighted by Crippen LogP contribution is -2.29. The molecule has 1 fully saturated rings. The van der Waals surface area contributed by atoms with E-state index in [1.165, 1.54) is 0 Å². The van der Waals surface area contributed by atoms with Crippen molar-refractivity contribution in [1.29, 1.82) is 0 Å². The highest BCUT2D eigenvalue weighted by Gasteiger charge is 2.45. The molecule has 2 bridgehead atoms. The number of allylic oxidation sites excluding steroid dienone is 2. The SMILES string of the molecule is C[C@H]1[C@H](C(=O)CS(=O)c2ccccc2)[C@@H]2C=C[C@H]1C2. The Balaban J connectivity index is 1.69. The fourth-order valence-corrected chi connectivity index (χ4v) is 4.56. The van der Waals surface area contributed by atoms with Crippen LogP contribution in [-0.2, 0) is 15.6 Å². The van der Waals surface area contributed by atoms with E-state index in [1.807, 2.05) is 30.3 Å². The van der Waals surface area contributed by atoms with E-state index < -0.39 is 10.8 Å². The van der Waals surface area contributed by atoms with Crippen molar-refractivity contribution in [2.45, 2.75) is 18.2 Å². The van der Waals surface area contributed by atoms with Crippen molar-refractivity contribution < 1.29 is 9.00 Å². The average Bonchev–Trinajstić information content (AvgIpc) is 3.00. The third-order valence-corrected chi connectivity index (χ3v) is 5.85. The predicted molar refractivity (Wildman–Crippen MR) is 76.1 cm³/mol. The Bertz CT molecular complexity index is 535. The Morgan fingerprint density at radius 3 is 2.53 bits per heavy atom. The van der Waals surface area contributed by atoms with Crippen LogP contribution >= 0.6 is 0 Å². The number of carbonyl (C=O) groups is 1. The van der Waals surface area contributed by atoms with Crippen LogP contribution in [0.4, 0.5) is 0 Å². The van der Waals surface area contributed by atoms with Crippen molar-refractivity contribution in [2.75, 3.05) is 5.75 Å². The second kappa shape index (κ2) is 5.04. The molecule has 0 aromatic heterocycles. The standard InChI is InChI=1S/C16H18O2S/c1-11-12-7-8-13(9-12)16(11)15(17)10-19(18)14-5-3-2-4-6-14/h2-8,11-13,16H,9-10H2,1H3/t11-,12+,13-,16+,19?/m1/s1. The van der Waals surface area contributed by atoms with Crippen LogP contribution in [0, 0.1) is 23.7 Å². The second-order valence-corrected chi connectivity index (χ2v) is 7.05. The second-order valence-electron chi connectivity index (χ2n) is 5.60. The molecular weight excluding hydrogens is 256 g/mol. The molecular formula is C16H18O2S. The summed E-state index contributed by atoms with van der Waals surface area (Å²) in [7, 11) is -1.20. The summed E-state index contributed by atoms with van der Waals surface area (Å²) < 4.78 is 12.2. The van der Waals surface area contributed by atoms with Crippen LogP contribution in [0.15, 0.2) is 47.4 Å². The summed E-state index contributed by atoms with van der Waals surface area (Å²) in [6.07, 6.45) is 5.53. The van der Waals surface area contributed by atoms with E-state index in [2.05, 4.69) is 19.1 Å². The molecule has 100 valence electrons. The Labute approximate surface area is 116 Å². The van der Waals surface area contributed by atoms with Gasteiger partial charge < -0.3 is 0 Å². The minimum absolute atomic E-state index is 0.0858. The first-order chi connectivity index (χ1) is 9.16. The van der Waals surface area contributed by atoms with E-state index in [4.69, 9.17) is 0 Å². The van der Waals surface area contributed by atoms with Gasteiger partial charge in [0.05, 0.1) is 16.6 Å². The van der Waals surface area contributed by atoms with E-state index in [1.54, 1.807) is 0 Å². The maximum atomic E-state index is 12.4. The van der Waals surface area contributed by atoms with Gasteiger partial charge in [0.2, 0.25) is 0 Å². The lowest BCUT2D eigenvalue weighted by molar-refractivity contribution is -0.122. The fraction of sp³-hybridized carbons (Fsp3) is 0.438. The number of fused-ring (bicyclic) bond motifs is 2. The van der Waals surface area contributed by atoms with E-state index in [-0.39, 0.29) is 17.5 Å². The van der Waals surface area contributed by atoms with E-state index in [0.717, 1.165) is 11.3 Å². The highest BCUT2D eigenvalue weighted by molar-refractivity contribution is 7.85. The number of hydrogen-bond acceptors (Lipinski definition) is 2. The Morgan fingerprint density at radius 1 is 1.21 bits per heavy atom. The normalized spacial score (nSPS) is 33.5. The molecule has 0 radical (unpaired) electrons. The highest BCUT2D eigenvalue weighted by Crippen LogP contribution is 2.48. The fourth-order valence-electron chi connectivity index (χ4n) is 3.48. The zero-order valence-corrected chi connectivity index (χ0v) is 11.8. The third-order valence-electron chi connectivity index (χ3n) is 4.50. The van der Waals surface area contributed by atoms with Crippen LogP contribution < -0.4 is 0 Å². The zero-order valence-electron chi connectivity index (χ0n) is 11.0. The molecule has 1 saturated carbocycles. The van der Waals surface area contributed by atoms with Crippen molar-refractivity contribution in [2.24, 2.45) is 23.7 Å². The van der Waals surface area contributed by atoms with Crippen molar-refractivity contribution in [1.82, 2.24) is 0 Å². The minimum Gasteiger partial charge on any atom is -0.298 e. The molecule has 1 aromatic rings. The molecule has 1 unspecified atom stereocenters. The van der Waals surface area contributed by atoms with Gasteiger partial charge in [-0.15, -0.1) is 0 Å². The first-order valence-electron chi connectivity index (χ1n) is 6.81. The predicted octanol–water partition coefficient (Wildman–Crippen LogP) is 2.82. The number of benzene rings is 1. The molecule has 2 aliphatic rings. The summed E-state index contributed by atoms with van der Waals surface area (Å²) in [5.74, 6) is 1.78. The molecule has 0 N–H and O–H groups in total. The molecule has 1 aromatic carbocycles. The van der Waals surface area contributed by atoms with Crippen molar-refractivity contribution in [3.05, 3.63) is 42.5 Å². The summed E-state index contributed by atoms with van der Waals surface area (Å²) in [6.45, 7) is 2.15. The van der Waals surface area contributed by atoms with E-state index in [9.17, 15) is 9.00 Å². The number of hydrogen-bond donors (Lipinski definition) is 0. The highest BCUT2D eigenvalue weighted by atomic mass is 32.2. The Kier molecular flexibility index (Phi) is 3.40. The summed E-state index contributed by atoms with van der Waals surface area (Å²) >= 11 is 0. The lowest BCUT2D eigenvalue weighted by atomic mass is 9.82. The van der Waals surface area contributed by atoms with Crippen LogP contribution in [0.2, 0.25) is 0 Å². The van der Waals surface area contributed by atoms with Gasteiger partial charge >= 0.3 is 0 Å². The first-order valence-corrected chi connectivity index (χ1v) is 8.13. The summed E-state index contributed by atoms with van der Waals surface area (Å²) in [5, 5.41) is 0. The Morgan fingerprint density at radius 2 is 1.89 bits per heavy atom. The van der Waals surface area contributed by atoms with Crippen molar-refractivity contribution in [3.63, 3.8) is 0 Å². The first kappa shape index (κ1) is 12.8. The van der Waals surface area contributed by atoms with Crippen LogP contribution in [-0.4, -0.2) is 15.7 Å². The maximum Gasteiger partial charge on any atom is 0.149 e.